The minimum Gasteiger partial charge on any atom is -0.396 e. The van der Waals surface area contributed by atoms with Gasteiger partial charge in [-0.15, -0.1) is 0 Å². The second-order valence-corrected chi connectivity index (χ2v) is 12.1. The molecule has 5 nitrogen and oxygen atoms in total. The zero-order valence-corrected chi connectivity index (χ0v) is 24.4. The summed E-state index contributed by atoms with van der Waals surface area (Å²) in [6.07, 6.45) is 4.83. The third-order valence-corrected chi connectivity index (χ3v) is 9.04. The molecular weight excluding hydrogens is 541 g/mol. The molecule has 2 N–H and O–H groups in total. The van der Waals surface area contributed by atoms with E-state index in [1.165, 1.54) is 0 Å². The first kappa shape index (κ1) is 28.7. The summed E-state index contributed by atoms with van der Waals surface area (Å²) in [4.78, 5) is 13.7. The molecule has 0 fully saturated rings. The van der Waals surface area contributed by atoms with Crippen LogP contribution in [0.2, 0.25) is 5.02 Å². The average Bonchev–Trinajstić information content (AvgIpc) is 3.25. The molecule has 8 heteroatoms. The monoisotopic (exact) mass is 573 g/mol. The summed E-state index contributed by atoms with van der Waals surface area (Å²) in [5.74, 6) is -0.493. The van der Waals surface area contributed by atoms with E-state index in [0.717, 1.165) is 11.1 Å². The molecule has 5 atom stereocenters. The van der Waals surface area contributed by atoms with E-state index >= 15 is 0 Å². The van der Waals surface area contributed by atoms with Crippen LogP contribution in [0.5, 0.6) is 0 Å². The summed E-state index contributed by atoms with van der Waals surface area (Å²) in [7, 11) is 0. The van der Waals surface area contributed by atoms with Gasteiger partial charge in [0, 0.05) is 32.5 Å². The Kier molecular flexibility index (Phi) is 8.63. The maximum absolute atomic E-state index is 13.7. The molecule has 2 aliphatic rings. The van der Waals surface area contributed by atoms with Crippen molar-refractivity contribution in [3.8, 4) is 0 Å². The van der Waals surface area contributed by atoms with Crippen LogP contribution in [0.15, 0.2) is 81.9 Å². The number of carbonyl (C=O) groups is 1. The van der Waals surface area contributed by atoms with Crippen molar-refractivity contribution in [2.75, 3.05) is 6.61 Å². The van der Waals surface area contributed by atoms with Crippen molar-refractivity contribution in [1.29, 1.82) is 0 Å². The van der Waals surface area contributed by atoms with E-state index in [-0.39, 0.29) is 30.5 Å². The molecule has 202 valence electrons. The number of hydrogen-bond donors (Lipinski definition) is 2. The van der Waals surface area contributed by atoms with Crippen LogP contribution in [0.25, 0.3) is 0 Å². The van der Waals surface area contributed by atoms with Crippen LogP contribution in [0.3, 0.4) is 0 Å². The van der Waals surface area contributed by atoms with Crippen LogP contribution in [-0.4, -0.2) is 39.9 Å². The van der Waals surface area contributed by atoms with Crippen molar-refractivity contribution >= 4 is 46.4 Å². The Hall–Kier alpha value is -2.31. The predicted octanol–water partition coefficient (Wildman–Crippen LogP) is 6.84. The van der Waals surface area contributed by atoms with Crippen molar-refractivity contribution < 1.29 is 9.90 Å². The fraction of sp³-hybridized carbons (Fsp3) is 0.400. The van der Waals surface area contributed by atoms with Gasteiger partial charge in [-0.25, -0.2) is 0 Å². The Morgan fingerprint density at radius 1 is 1.18 bits per heavy atom. The molecule has 0 radical (unpaired) electrons. The first-order valence-electron chi connectivity index (χ1n) is 12.8. The van der Waals surface area contributed by atoms with Gasteiger partial charge in [0.05, 0.1) is 18.2 Å². The minimum absolute atomic E-state index is 0.0730. The highest BCUT2D eigenvalue weighted by atomic mass is 35.5. The molecule has 38 heavy (non-hydrogen) atoms. The maximum atomic E-state index is 13.7. The zero-order valence-electron chi connectivity index (χ0n) is 22.1. The van der Waals surface area contributed by atoms with E-state index in [0.29, 0.717) is 33.6 Å². The highest BCUT2D eigenvalue weighted by molar-refractivity contribution is 6.40. The summed E-state index contributed by atoms with van der Waals surface area (Å²) in [5, 5.41) is 22.1. The summed E-state index contributed by atoms with van der Waals surface area (Å²) in [5.41, 5.74) is 1.26. The highest BCUT2D eigenvalue weighted by Crippen LogP contribution is 2.47. The van der Waals surface area contributed by atoms with Crippen LogP contribution in [0.1, 0.15) is 51.3 Å². The van der Waals surface area contributed by atoms with Crippen LogP contribution in [-0.2, 0) is 11.2 Å². The van der Waals surface area contributed by atoms with Crippen LogP contribution < -0.4 is 5.32 Å². The number of amides is 1. The number of nitrogens with zero attached hydrogens (tertiary/aromatic N) is 2. The quantitative estimate of drug-likeness (QED) is 0.363. The first-order valence-corrected chi connectivity index (χ1v) is 13.9. The van der Waals surface area contributed by atoms with Crippen molar-refractivity contribution in [3.63, 3.8) is 0 Å². The van der Waals surface area contributed by atoms with Crippen LogP contribution in [0.4, 0.5) is 0 Å². The lowest BCUT2D eigenvalue weighted by Crippen LogP contribution is -2.50. The third kappa shape index (κ3) is 5.67. The molecular formula is C30H34Cl3N3O2. The molecule has 0 saturated heterocycles. The van der Waals surface area contributed by atoms with Crippen molar-refractivity contribution in [1.82, 2.24) is 10.3 Å². The van der Waals surface area contributed by atoms with Gasteiger partial charge < -0.3 is 10.4 Å². The Labute approximate surface area is 240 Å². The van der Waals surface area contributed by atoms with Crippen molar-refractivity contribution in [2.45, 2.75) is 58.2 Å². The second kappa shape index (κ2) is 11.4. The SMILES string of the molecule is CC1C(C(=O)NC(C)C(C)(CO)Cc2ccccc2)=NN(C2(C)CC=C(Cl)C=C2Cl)C1c1ccc(Cl)cc1. The van der Waals surface area contributed by atoms with Gasteiger partial charge in [0.2, 0.25) is 0 Å². The topological polar surface area (TPSA) is 64.9 Å². The Balaban J connectivity index is 1.64. The van der Waals surface area contributed by atoms with E-state index in [1.54, 1.807) is 6.08 Å². The van der Waals surface area contributed by atoms with Gasteiger partial charge in [0.1, 0.15) is 5.71 Å². The number of allylic oxidation sites excluding steroid dienone is 2. The number of aliphatic hydroxyl groups is 1. The number of carbonyl (C=O) groups excluding carboxylic acids is 1. The smallest absolute Gasteiger partial charge is 0.268 e. The van der Waals surface area contributed by atoms with E-state index in [9.17, 15) is 9.90 Å². The predicted molar refractivity (Wildman–Crippen MR) is 156 cm³/mol. The lowest BCUT2D eigenvalue weighted by Gasteiger charge is -2.43. The highest BCUT2D eigenvalue weighted by Gasteiger charge is 2.48. The average molecular weight is 575 g/mol. The largest absolute Gasteiger partial charge is 0.396 e. The van der Waals surface area contributed by atoms with Gasteiger partial charge in [0.25, 0.3) is 5.91 Å². The van der Waals surface area contributed by atoms with E-state index in [2.05, 4.69) is 5.32 Å². The molecule has 5 unspecified atom stereocenters. The summed E-state index contributed by atoms with van der Waals surface area (Å²) in [6.45, 7) is 7.86. The maximum Gasteiger partial charge on any atom is 0.268 e. The lowest BCUT2D eigenvalue weighted by molar-refractivity contribution is -0.116. The Morgan fingerprint density at radius 2 is 1.84 bits per heavy atom. The number of hydrazone groups is 1. The van der Waals surface area contributed by atoms with Crippen molar-refractivity contribution in [3.05, 3.63) is 93.0 Å². The molecule has 1 heterocycles. The van der Waals surface area contributed by atoms with Gasteiger partial charge in [-0.3, -0.25) is 9.80 Å². The number of rotatable bonds is 8. The molecule has 0 spiro atoms. The third-order valence-electron chi connectivity index (χ3n) is 8.01. The summed E-state index contributed by atoms with van der Waals surface area (Å²) >= 11 is 19.2. The van der Waals surface area contributed by atoms with E-state index in [4.69, 9.17) is 39.9 Å². The summed E-state index contributed by atoms with van der Waals surface area (Å²) < 4.78 is 0. The number of nitrogens with one attached hydrogen (secondary N) is 1. The number of benzene rings is 2. The van der Waals surface area contributed by atoms with Crippen LogP contribution >= 0.6 is 34.8 Å². The molecule has 0 aromatic heterocycles. The number of hydrogen-bond acceptors (Lipinski definition) is 4. The normalized spacial score (nSPS) is 25.7. The molecule has 2 aromatic rings. The number of aliphatic hydroxyl groups excluding tert-OH is 1. The lowest BCUT2D eigenvalue weighted by atomic mass is 9.78. The molecule has 4 rings (SSSR count). The number of halogens is 3. The van der Waals surface area contributed by atoms with E-state index < -0.39 is 11.0 Å². The standard InChI is InChI=1S/C30H34Cl3N3O2/c1-19-26(28(38)34-20(2)29(3,18-37)17-21-8-6-5-7-9-21)35-36(27(19)22-10-12-23(31)13-11-22)30(4)15-14-24(32)16-25(30)33/h5-14,16,19-20,27,37H,15,17-18H2,1-4H3,(H,34,38). The fourth-order valence-corrected chi connectivity index (χ4v) is 5.82. The van der Waals surface area contributed by atoms with E-state index in [1.807, 2.05) is 93.4 Å². The first-order chi connectivity index (χ1) is 18.0. The minimum atomic E-state index is -0.681. The second-order valence-electron chi connectivity index (χ2n) is 10.8. The molecule has 1 aliphatic carbocycles. The van der Waals surface area contributed by atoms with Gasteiger partial charge in [-0.2, -0.15) is 5.10 Å². The molecule has 1 amide bonds. The van der Waals surface area contributed by atoms with Crippen molar-refractivity contribution in [2.24, 2.45) is 16.4 Å². The Bertz CT molecular complexity index is 1260. The molecule has 0 saturated carbocycles. The Morgan fingerprint density at radius 3 is 2.45 bits per heavy atom. The summed E-state index contributed by atoms with van der Waals surface area (Å²) in [6, 6.07) is 17.0. The fourth-order valence-electron chi connectivity index (χ4n) is 5.18. The molecule has 2 aromatic carbocycles. The van der Waals surface area contributed by atoms with Gasteiger partial charge in [-0.1, -0.05) is 97.2 Å². The molecule has 0 bridgehead atoms. The van der Waals surface area contributed by atoms with Gasteiger partial charge >= 0.3 is 0 Å². The van der Waals surface area contributed by atoms with Gasteiger partial charge in [-0.05, 0) is 56.0 Å². The molecule has 1 aliphatic heterocycles. The van der Waals surface area contributed by atoms with Crippen LogP contribution in [0, 0.1) is 11.3 Å². The zero-order chi connectivity index (χ0) is 27.7. The van der Waals surface area contributed by atoms with Gasteiger partial charge in [0.15, 0.2) is 0 Å².